The third-order valence-corrected chi connectivity index (χ3v) is 6.58. The third kappa shape index (κ3) is 4.52. The lowest BCUT2D eigenvalue weighted by atomic mass is 9.83. The highest BCUT2D eigenvalue weighted by atomic mass is 35.5. The highest BCUT2D eigenvalue weighted by molar-refractivity contribution is 6.33. The van der Waals surface area contributed by atoms with Crippen molar-refractivity contribution in [3.63, 3.8) is 0 Å². The van der Waals surface area contributed by atoms with E-state index in [1.54, 1.807) is 19.2 Å². The van der Waals surface area contributed by atoms with Gasteiger partial charge >= 0.3 is 0 Å². The van der Waals surface area contributed by atoms with Crippen LogP contribution in [-0.4, -0.2) is 56.8 Å². The van der Waals surface area contributed by atoms with Crippen LogP contribution in [0.25, 0.3) is 0 Å². The molecule has 0 aliphatic carbocycles. The molecule has 0 bridgehead atoms. The molecule has 1 amide bonds. The van der Waals surface area contributed by atoms with Crippen molar-refractivity contribution in [2.45, 2.75) is 18.9 Å². The maximum Gasteiger partial charge on any atom is 0.269 e. The molecule has 1 fully saturated rings. The maximum absolute atomic E-state index is 13.2. The molecule has 2 heterocycles. The quantitative estimate of drug-likeness (QED) is 0.389. The van der Waals surface area contributed by atoms with Gasteiger partial charge in [-0.05, 0) is 36.6 Å². The van der Waals surface area contributed by atoms with Crippen LogP contribution in [0.5, 0.6) is 0 Å². The van der Waals surface area contributed by atoms with Gasteiger partial charge in [-0.25, -0.2) is 0 Å². The molecule has 2 aromatic carbocycles. The molecule has 4 rings (SSSR count). The fourth-order valence-corrected chi connectivity index (χ4v) is 4.96. The van der Waals surface area contributed by atoms with Crippen LogP contribution >= 0.6 is 11.6 Å². The van der Waals surface area contributed by atoms with Gasteiger partial charge in [0.2, 0.25) is 5.91 Å². The number of halogens is 1. The minimum absolute atomic E-state index is 0.0331. The highest BCUT2D eigenvalue weighted by Gasteiger charge is 2.42. The van der Waals surface area contributed by atoms with Crippen molar-refractivity contribution in [2.24, 2.45) is 5.92 Å². The van der Waals surface area contributed by atoms with Gasteiger partial charge in [0.05, 0.1) is 27.6 Å². The zero-order valence-electron chi connectivity index (χ0n) is 18.0. The molecule has 0 spiro atoms. The summed E-state index contributed by atoms with van der Waals surface area (Å²) in [5.74, 6) is -0.355. The predicted octanol–water partition coefficient (Wildman–Crippen LogP) is 3.27. The molecule has 1 saturated heterocycles. The fraction of sp³-hybridized carbons (Fsp3) is 0.435. The number of carbonyl (C=O) groups is 1. The van der Waals surface area contributed by atoms with Crippen LogP contribution < -0.4 is 15.1 Å². The number of hydrogen-bond donors (Lipinski definition) is 1. The molecule has 9 heteroatoms. The zero-order chi connectivity index (χ0) is 22.7. The van der Waals surface area contributed by atoms with E-state index in [2.05, 4.69) is 15.1 Å². The molecule has 2 aliphatic heterocycles. The number of nitro benzene ring substituents is 1. The van der Waals surface area contributed by atoms with Crippen LogP contribution in [0.15, 0.2) is 42.5 Å². The van der Waals surface area contributed by atoms with Gasteiger partial charge in [-0.1, -0.05) is 23.7 Å². The summed E-state index contributed by atoms with van der Waals surface area (Å²) < 4.78 is 5.07. The number of amides is 1. The molecule has 1 N–H and O–H groups in total. The minimum atomic E-state index is -0.387. The van der Waals surface area contributed by atoms with E-state index in [0.717, 1.165) is 29.9 Å². The Labute approximate surface area is 192 Å². The summed E-state index contributed by atoms with van der Waals surface area (Å²) in [7, 11) is 1.63. The van der Waals surface area contributed by atoms with E-state index in [-0.39, 0.29) is 28.5 Å². The number of ether oxygens (including phenoxy) is 1. The van der Waals surface area contributed by atoms with E-state index in [0.29, 0.717) is 37.7 Å². The standard InChI is InChI=1S/C23H27ClN4O4/c1-32-12-4-9-25-23(29)18-14-16-13-17(28(30)31)7-8-20(16)27-11-10-26(15-22(18)27)21-6-3-2-5-19(21)24/h2-3,5-8,13,18,22H,4,9-12,14-15H2,1H3,(H,25,29)/t18-,22+/m1/s1. The highest BCUT2D eigenvalue weighted by Crippen LogP contribution is 2.39. The Bertz CT molecular complexity index is 1000. The Morgan fingerprint density at radius 3 is 2.81 bits per heavy atom. The molecular weight excluding hydrogens is 432 g/mol. The topological polar surface area (TPSA) is 87.9 Å². The van der Waals surface area contributed by atoms with Gasteiger partial charge in [0.15, 0.2) is 0 Å². The number of anilines is 2. The molecule has 8 nitrogen and oxygen atoms in total. The average Bonchev–Trinajstić information content (AvgIpc) is 2.80. The second kappa shape index (κ2) is 9.75. The maximum atomic E-state index is 13.2. The number of carbonyl (C=O) groups excluding carboxylic acids is 1. The zero-order valence-corrected chi connectivity index (χ0v) is 18.8. The van der Waals surface area contributed by atoms with Gasteiger partial charge in [0.25, 0.3) is 5.69 Å². The summed E-state index contributed by atoms with van der Waals surface area (Å²) in [6, 6.07) is 12.6. The second-order valence-corrected chi connectivity index (χ2v) is 8.58. The molecular formula is C23H27ClN4O4. The SMILES string of the molecule is COCCCNC(=O)[C@@H]1Cc2cc([N+](=O)[O-])ccc2N2CCN(c3ccccc3Cl)C[C@@H]12. The number of nitrogens with zero attached hydrogens (tertiary/aromatic N) is 3. The normalized spacial score (nSPS) is 19.8. The number of fused-ring (bicyclic) bond motifs is 3. The monoisotopic (exact) mass is 458 g/mol. The Morgan fingerprint density at radius 1 is 1.25 bits per heavy atom. The van der Waals surface area contributed by atoms with E-state index in [1.807, 2.05) is 30.3 Å². The van der Waals surface area contributed by atoms with Gasteiger partial charge in [-0.15, -0.1) is 0 Å². The number of nitro groups is 1. The van der Waals surface area contributed by atoms with E-state index >= 15 is 0 Å². The van der Waals surface area contributed by atoms with E-state index in [1.165, 1.54) is 0 Å². The lowest BCUT2D eigenvalue weighted by molar-refractivity contribution is -0.384. The van der Waals surface area contributed by atoms with E-state index in [4.69, 9.17) is 16.3 Å². The van der Waals surface area contributed by atoms with Gasteiger partial charge in [0, 0.05) is 57.7 Å². The average molecular weight is 459 g/mol. The number of methoxy groups -OCH3 is 1. The minimum Gasteiger partial charge on any atom is -0.385 e. The van der Waals surface area contributed by atoms with Crippen LogP contribution in [-0.2, 0) is 16.0 Å². The Balaban J connectivity index is 1.62. The number of para-hydroxylation sites is 1. The molecule has 2 atom stereocenters. The van der Waals surface area contributed by atoms with Crippen LogP contribution in [0.4, 0.5) is 17.1 Å². The first-order valence-electron chi connectivity index (χ1n) is 10.8. The molecule has 0 radical (unpaired) electrons. The van der Waals surface area contributed by atoms with Gasteiger partial charge < -0.3 is 19.9 Å². The lowest BCUT2D eigenvalue weighted by Crippen LogP contribution is -2.61. The number of nitrogens with one attached hydrogen (secondary N) is 1. The van der Waals surface area contributed by atoms with Crippen molar-refractivity contribution in [1.29, 1.82) is 0 Å². The van der Waals surface area contributed by atoms with Crippen LogP contribution in [0.2, 0.25) is 5.02 Å². The molecule has 32 heavy (non-hydrogen) atoms. The van der Waals surface area contributed by atoms with E-state index in [9.17, 15) is 14.9 Å². The van der Waals surface area contributed by atoms with Crippen LogP contribution in [0.1, 0.15) is 12.0 Å². The van der Waals surface area contributed by atoms with Crippen molar-refractivity contribution in [2.75, 3.05) is 49.7 Å². The predicted molar refractivity (Wildman–Crippen MR) is 125 cm³/mol. The van der Waals surface area contributed by atoms with Crippen LogP contribution in [0, 0.1) is 16.0 Å². The smallest absolute Gasteiger partial charge is 0.269 e. The number of rotatable bonds is 7. The van der Waals surface area contributed by atoms with Crippen molar-refractivity contribution in [1.82, 2.24) is 5.32 Å². The largest absolute Gasteiger partial charge is 0.385 e. The first-order valence-corrected chi connectivity index (χ1v) is 11.2. The lowest BCUT2D eigenvalue weighted by Gasteiger charge is -2.49. The number of benzene rings is 2. The summed E-state index contributed by atoms with van der Waals surface area (Å²) >= 11 is 6.45. The molecule has 2 aliphatic rings. The van der Waals surface area contributed by atoms with E-state index < -0.39 is 0 Å². The van der Waals surface area contributed by atoms with Gasteiger partial charge in [-0.3, -0.25) is 14.9 Å². The number of non-ortho nitro benzene ring substituents is 1. The third-order valence-electron chi connectivity index (χ3n) is 6.26. The first-order chi connectivity index (χ1) is 15.5. The van der Waals surface area contributed by atoms with Crippen molar-refractivity contribution >= 4 is 34.6 Å². The number of hydrogen-bond acceptors (Lipinski definition) is 6. The Morgan fingerprint density at radius 2 is 2.06 bits per heavy atom. The summed E-state index contributed by atoms with van der Waals surface area (Å²) in [4.78, 5) is 28.6. The van der Waals surface area contributed by atoms with Gasteiger partial charge in [-0.2, -0.15) is 0 Å². The van der Waals surface area contributed by atoms with Crippen molar-refractivity contribution in [3.05, 3.63) is 63.2 Å². The summed E-state index contributed by atoms with van der Waals surface area (Å²) in [6.07, 6.45) is 1.20. The summed E-state index contributed by atoms with van der Waals surface area (Å²) in [6.45, 7) is 3.21. The Hall–Kier alpha value is -2.84. The Kier molecular flexibility index (Phi) is 6.81. The van der Waals surface area contributed by atoms with Gasteiger partial charge in [0.1, 0.15) is 0 Å². The summed E-state index contributed by atoms with van der Waals surface area (Å²) in [5, 5.41) is 15.0. The molecule has 0 unspecified atom stereocenters. The molecule has 0 saturated carbocycles. The van der Waals surface area contributed by atoms with Crippen molar-refractivity contribution in [3.8, 4) is 0 Å². The second-order valence-electron chi connectivity index (χ2n) is 8.18. The fourth-order valence-electron chi connectivity index (χ4n) is 4.71. The molecule has 170 valence electrons. The van der Waals surface area contributed by atoms with Crippen LogP contribution in [0.3, 0.4) is 0 Å². The number of piperazine rings is 1. The summed E-state index contributed by atoms with van der Waals surface area (Å²) in [5.41, 5.74) is 2.83. The molecule has 0 aromatic heterocycles. The first kappa shape index (κ1) is 22.4. The molecule has 2 aromatic rings. The van der Waals surface area contributed by atoms with Crippen molar-refractivity contribution < 1.29 is 14.5 Å².